The van der Waals surface area contributed by atoms with Gasteiger partial charge in [0.1, 0.15) is 11.1 Å². The topological polar surface area (TPSA) is 138 Å². The predicted molar refractivity (Wildman–Crippen MR) is 120 cm³/mol. The van der Waals surface area contributed by atoms with Crippen LogP contribution < -0.4 is 4.74 Å². The molecule has 0 radical (unpaired) electrons. The minimum absolute atomic E-state index is 0. The molecule has 1 unspecified atom stereocenters. The summed E-state index contributed by atoms with van der Waals surface area (Å²) in [5.74, 6) is -1.83. The second-order valence-corrected chi connectivity index (χ2v) is 7.61. The second kappa shape index (κ2) is 13.0. The van der Waals surface area contributed by atoms with Crippen molar-refractivity contribution in [3.63, 3.8) is 0 Å². The van der Waals surface area contributed by atoms with E-state index < -0.39 is 11.9 Å². The molecule has 31 heavy (non-hydrogen) atoms. The molecule has 2 aliphatic heterocycles. The summed E-state index contributed by atoms with van der Waals surface area (Å²) < 4.78 is 6.13. The number of nitrogens with zero attached hydrogens (tertiary/aromatic N) is 4. The van der Waals surface area contributed by atoms with Crippen molar-refractivity contribution in [1.82, 2.24) is 19.7 Å². The van der Waals surface area contributed by atoms with E-state index in [2.05, 4.69) is 26.7 Å². The van der Waals surface area contributed by atoms with Gasteiger partial charge in [-0.25, -0.2) is 14.6 Å². The smallest absolute Gasteiger partial charge is 0.328 e. The maximum Gasteiger partial charge on any atom is 0.328 e. The number of aliphatic carboxylic acids is 2. The average Bonchev–Trinajstić information content (AvgIpc) is 2.83. The number of hydrogen-bond donors (Lipinski definition) is 2. The van der Waals surface area contributed by atoms with E-state index in [-0.39, 0.29) is 11.6 Å². The zero-order chi connectivity index (χ0) is 22.1. The number of aromatic nitrogens is 1. The van der Waals surface area contributed by atoms with E-state index in [1.807, 2.05) is 19.2 Å². The molecule has 0 bridgehead atoms. The predicted octanol–water partition coefficient (Wildman–Crippen LogP) is -0.0255. The van der Waals surface area contributed by atoms with Gasteiger partial charge in [-0.2, -0.15) is 0 Å². The molecule has 0 spiro atoms. The first-order valence-electron chi connectivity index (χ1n) is 9.68. The first kappa shape index (κ1) is 26.4. The van der Waals surface area contributed by atoms with Crippen LogP contribution >= 0.6 is 12.2 Å². The third-order valence-corrected chi connectivity index (χ3v) is 5.37. The highest BCUT2D eigenvalue weighted by Gasteiger charge is 2.25. The molecule has 172 valence electrons. The van der Waals surface area contributed by atoms with E-state index in [1.54, 1.807) is 6.20 Å². The molecule has 1 aromatic rings. The zero-order valence-corrected chi connectivity index (χ0v) is 18.5. The minimum Gasteiger partial charge on any atom is -0.478 e. The van der Waals surface area contributed by atoms with Gasteiger partial charge in [0.15, 0.2) is 0 Å². The fourth-order valence-corrected chi connectivity index (χ4v) is 3.36. The number of rotatable bonds is 5. The molecule has 4 N–H and O–H groups in total. The highest BCUT2D eigenvalue weighted by molar-refractivity contribution is 7.80. The maximum absolute atomic E-state index is 9.55. The Morgan fingerprint density at radius 1 is 1.19 bits per heavy atom. The molecule has 0 saturated carbocycles. The van der Waals surface area contributed by atoms with Gasteiger partial charge in [0, 0.05) is 58.1 Å². The SMILES string of the molecule is CN1CCN(CCC2CN(C)C(=S)c3cccnc3O2)CC1.O.O=C(O)C=CC(=O)O. The number of thiocarbonyl (C=S) groups is 1. The lowest BCUT2D eigenvalue weighted by Gasteiger charge is -2.33. The lowest BCUT2D eigenvalue weighted by molar-refractivity contribution is -0.134. The summed E-state index contributed by atoms with van der Waals surface area (Å²) in [7, 11) is 4.22. The molecule has 1 aromatic heterocycles. The van der Waals surface area contributed by atoms with Crippen LogP contribution in [0.15, 0.2) is 30.5 Å². The van der Waals surface area contributed by atoms with Crippen LogP contribution in [0.1, 0.15) is 12.0 Å². The van der Waals surface area contributed by atoms with E-state index >= 15 is 0 Å². The highest BCUT2D eigenvalue weighted by atomic mass is 32.1. The van der Waals surface area contributed by atoms with Crippen LogP contribution in [0.25, 0.3) is 0 Å². The molecule has 1 fully saturated rings. The quantitative estimate of drug-likeness (QED) is 0.461. The Balaban J connectivity index is 0.000000461. The molecule has 2 aliphatic rings. The largest absolute Gasteiger partial charge is 0.478 e. The normalized spacial score (nSPS) is 19.4. The van der Waals surface area contributed by atoms with Crippen LogP contribution in [0, 0.1) is 0 Å². The minimum atomic E-state index is -1.26. The molecule has 10 nitrogen and oxygen atoms in total. The fourth-order valence-electron chi connectivity index (χ4n) is 3.13. The van der Waals surface area contributed by atoms with E-state index in [0.29, 0.717) is 18.0 Å². The van der Waals surface area contributed by atoms with E-state index in [1.165, 1.54) is 0 Å². The first-order chi connectivity index (χ1) is 14.3. The lowest BCUT2D eigenvalue weighted by atomic mass is 10.2. The van der Waals surface area contributed by atoms with Crippen molar-refractivity contribution in [2.45, 2.75) is 12.5 Å². The van der Waals surface area contributed by atoms with Gasteiger partial charge in [-0.05, 0) is 25.6 Å². The number of carboxylic acids is 2. The van der Waals surface area contributed by atoms with E-state index in [9.17, 15) is 9.59 Å². The molecule has 0 aromatic carbocycles. The summed E-state index contributed by atoms with van der Waals surface area (Å²) in [6.45, 7) is 6.49. The van der Waals surface area contributed by atoms with Crippen molar-refractivity contribution >= 4 is 29.1 Å². The summed E-state index contributed by atoms with van der Waals surface area (Å²) in [6, 6.07) is 3.90. The van der Waals surface area contributed by atoms with Gasteiger partial charge in [-0.3, -0.25) is 0 Å². The second-order valence-electron chi connectivity index (χ2n) is 7.23. The molecular formula is C20H30N4O6S. The number of hydrogen-bond acceptors (Lipinski definition) is 7. The van der Waals surface area contributed by atoms with Crippen LogP contribution in [0.5, 0.6) is 5.88 Å². The lowest BCUT2D eigenvalue weighted by Crippen LogP contribution is -2.46. The van der Waals surface area contributed by atoms with Crippen molar-refractivity contribution in [3.05, 3.63) is 36.0 Å². The van der Waals surface area contributed by atoms with Crippen LogP contribution in [0.2, 0.25) is 0 Å². The number of likely N-dealkylation sites (N-methyl/N-ethyl adjacent to an activating group) is 2. The Hall–Kier alpha value is -2.60. The number of carbonyl (C=O) groups is 2. The number of ether oxygens (including phenoxy) is 1. The maximum atomic E-state index is 9.55. The Labute approximate surface area is 187 Å². The van der Waals surface area contributed by atoms with Gasteiger partial charge in [0.25, 0.3) is 0 Å². The third kappa shape index (κ3) is 8.97. The van der Waals surface area contributed by atoms with Gasteiger partial charge in [0.2, 0.25) is 5.88 Å². The molecule has 11 heteroatoms. The molecular weight excluding hydrogens is 424 g/mol. The van der Waals surface area contributed by atoms with Crippen LogP contribution in [0.4, 0.5) is 0 Å². The van der Waals surface area contributed by atoms with Crippen LogP contribution in [0.3, 0.4) is 0 Å². The summed E-state index contributed by atoms with van der Waals surface area (Å²) in [5.41, 5.74) is 0.932. The standard InChI is InChI=1S/C16H24N4OS.C4H4O4.H2O/c1-18-8-10-20(11-9-18)7-5-13-12-19(2)16(22)14-4-3-6-17-15(14)21-13;5-3(6)1-2-4(7)8;/h3-4,6,13H,5,7-12H2,1-2H3;1-2H,(H,5,6)(H,7,8);1H2. The summed E-state index contributed by atoms with van der Waals surface area (Å²) in [6.07, 6.45) is 4.03. The van der Waals surface area contributed by atoms with Gasteiger partial charge in [0.05, 0.1) is 12.1 Å². The van der Waals surface area contributed by atoms with Crippen LogP contribution in [-0.4, -0.2) is 112 Å². The van der Waals surface area contributed by atoms with Gasteiger partial charge in [-0.1, -0.05) is 12.2 Å². The number of pyridine rings is 1. The average molecular weight is 455 g/mol. The first-order valence-corrected chi connectivity index (χ1v) is 10.1. The van der Waals surface area contributed by atoms with Crippen molar-refractivity contribution in [2.75, 3.05) is 53.4 Å². The van der Waals surface area contributed by atoms with Crippen molar-refractivity contribution in [2.24, 2.45) is 0 Å². The summed E-state index contributed by atoms with van der Waals surface area (Å²) in [5, 5.41) is 15.6. The number of fused-ring (bicyclic) bond motifs is 1. The molecule has 0 amide bonds. The van der Waals surface area contributed by atoms with Crippen LogP contribution in [-0.2, 0) is 9.59 Å². The Morgan fingerprint density at radius 2 is 1.81 bits per heavy atom. The molecule has 1 saturated heterocycles. The Bertz CT molecular complexity index is 767. The van der Waals surface area contributed by atoms with Crippen molar-refractivity contribution < 1.29 is 30.0 Å². The van der Waals surface area contributed by atoms with Crippen molar-refractivity contribution in [1.29, 1.82) is 0 Å². The van der Waals surface area contributed by atoms with Gasteiger partial charge in [-0.15, -0.1) is 0 Å². The monoisotopic (exact) mass is 454 g/mol. The van der Waals surface area contributed by atoms with E-state index in [4.69, 9.17) is 27.2 Å². The fraction of sp³-hybridized carbons (Fsp3) is 0.500. The molecule has 3 heterocycles. The summed E-state index contributed by atoms with van der Waals surface area (Å²) >= 11 is 5.54. The zero-order valence-electron chi connectivity index (χ0n) is 17.7. The Kier molecular flexibility index (Phi) is 11.0. The van der Waals surface area contributed by atoms with E-state index in [0.717, 1.165) is 56.2 Å². The van der Waals surface area contributed by atoms with Crippen molar-refractivity contribution in [3.8, 4) is 5.88 Å². The number of carboxylic acid groups (broad SMARTS) is 2. The summed E-state index contributed by atoms with van der Waals surface area (Å²) in [4.78, 5) is 31.3. The Morgan fingerprint density at radius 3 is 2.39 bits per heavy atom. The molecule has 0 aliphatic carbocycles. The third-order valence-electron chi connectivity index (χ3n) is 4.84. The highest BCUT2D eigenvalue weighted by Crippen LogP contribution is 2.23. The van der Waals surface area contributed by atoms with Gasteiger partial charge < -0.3 is 35.1 Å². The molecule has 1 atom stereocenters. The molecule has 3 rings (SSSR count). The number of piperazine rings is 1. The van der Waals surface area contributed by atoms with Gasteiger partial charge >= 0.3 is 11.9 Å².